The van der Waals surface area contributed by atoms with Gasteiger partial charge in [-0.25, -0.2) is 4.39 Å². The van der Waals surface area contributed by atoms with Gasteiger partial charge in [-0.1, -0.05) is 0 Å². The number of nitrogens with zero attached hydrogens (tertiary/aromatic N) is 1. The number of carbonyl (C=O) groups excluding carboxylic acids is 1. The Labute approximate surface area is 173 Å². The van der Waals surface area contributed by atoms with Crippen LogP contribution in [0.5, 0.6) is 17.2 Å². The number of benzene rings is 2. The maximum Gasteiger partial charge on any atom is 0.225 e. The molecule has 2 N–H and O–H groups in total. The first kappa shape index (κ1) is 21.0. The molecule has 0 bridgehead atoms. The highest BCUT2D eigenvalue weighted by Gasteiger charge is 2.21. The van der Waals surface area contributed by atoms with Crippen molar-refractivity contribution in [2.45, 2.75) is 19.4 Å². The van der Waals surface area contributed by atoms with Gasteiger partial charge in [0.1, 0.15) is 11.9 Å². The topological polar surface area (TPSA) is 96.4 Å². The van der Waals surface area contributed by atoms with Crippen molar-refractivity contribution < 1.29 is 23.4 Å². The molecule has 0 aliphatic rings. The lowest BCUT2D eigenvalue weighted by Crippen LogP contribution is -2.29. The number of H-pyrrole nitrogens is 1. The van der Waals surface area contributed by atoms with Crippen molar-refractivity contribution in [3.8, 4) is 23.3 Å². The molecule has 3 aromatic rings. The molecule has 0 radical (unpaired) electrons. The Morgan fingerprint density at radius 1 is 1.17 bits per heavy atom. The van der Waals surface area contributed by atoms with Crippen molar-refractivity contribution in [1.29, 1.82) is 5.26 Å². The van der Waals surface area contributed by atoms with Crippen molar-refractivity contribution in [2.75, 3.05) is 21.3 Å². The van der Waals surface area contributed by atoms with Crippen LogP contribution in [0.1, 0.15) is 22.9 Å². The Kier molecular flexibility index (Phi) is 6.11. The summed E-state index contributed by atoms with van der Waals surface area (Å²) in [7, 11) is 4.43. The van der Waals surface area contributed by atoms with Gasteiger partial charge >= 0.3 is 0 Å². The Morgan fingerprint density at radius 2 is 1.83 bits per heavy atom. The molecule has 0 saturated heterocycles. The van der Waals surface area contributed by atoms with Gasteiger partial charge < -0.3 is 24.5 Å². The largest absolute Gasteiger partial charge is 0.493 e. The fourth-order valence-electron chi connectivity index (χ4n) is 3.41. The Morgan fingerprint density at radius 3 is 2.40 bits per heavy atom. The number of halogens is 1. The molecule has 2 aromatic carbocycles. The van der Waals surface area contributed by atoms with Gasteiger partial charge in [0.2, 0.25) is 11.7 Å². The summed E-state index contributed by atoms with van der Waals surface area (Å²) in [5.41, 5.74) is 2.69. The van der Waals surface area contributed by atoms with Crippen molar-refractivity contribution in [2.24, 2.45) is 0 Å². The van der Waals surface area contributed by atoms with Crippen LogP contribution in [-0.2, 0) is 11.2 Å². The minimum absolute atomic E-state index is 0.00209. The van der Waals surface area contributed by atoms with Gasteiger partial charge in [-0.15, -0.1) is 0 Å². The average Bonchev–Trinajstić information content (AvgIpc) is 3.05. The van der Waals surface area contributed by atoms with Gasteiger partial charge in [-0.2, -0.15) is 5.26 Å². The molecule has 1 amide bonds. The van der Waals surface area contributed by atoms with E-state index in [9.17, 15) is 14.4 Å². The zero-order valence-corrected chi connectivity index (χ0v) is 17.1. The normalized spacial score (nSPS) is 11.6. The minimum Gasteiger partial charge on any atom is -0.493 e. The number of hydrogen-bond acceptors (Lipinski definition) is 5. The van der Waals surface area contributed by atoms with E-state index in [1.54, 1.807) is 18.2 Å². The predicted molar refractivity (Wildman–Crippen MR) is 109 cm³/mol. The van der Waals surface area contributed by atoms with Crippen LogP contribution in [0, 0.1) is 24.1 Å². The SMILES string of the molecule is COc1cc(C(C#N)NC(=O)Cc2c(C)[nH]c3ccc(F)cc23)cc(OC)c1OC. The standard InChI is InChI=1S/C22H22FN3O4/c1-12-15(16-9-14(23)5-6-17(16)25-12)10-21(27)26-18(11-24)13-7-19(28-2)22(30-4)20(8-13)29-3/h5-9,18,25H,10H2,1-4H3,(H,26,27). The molecule has 1 aromatic heterocycles. The third-order valence-electron chi connectivity index (χ3n) is 4.87. The number of aromatic amines is 1. The second-order valence-corrected chi connectivity index (χ2v) is 6.68. The van der Waals surface area contributed by atoms with Crippen LogP contribution in [0.15, 0.2) is 30.3 Å². The van der Waals surface area contributed by atoms with E-state index in [0.717, 1.165) is 11.2 Å². The van der Waals surface area contributed by atoms with Crippen LogP contribution in [0.3, 0.4) is 0 Å². The van der Waals surface area contributed by atoms with Crippen LogP contribution in [-0.4, -0.2) is 32.2 Å². The van der Waals surface area contributed by atoms with E-state index in [-0.39, 0.29) is 18.1 Å². The monoisotopic (exact) mass is 411 g/mol. The second kappa shape index (κ2) is 8.74. The molecule has 1 unspecified atom stereocenters. The molecule has 30 heavy (non-hydrogen) atoms. The molecule has 0 fully saturated rings. The number of rotatable bonds is 7. The number of carbonyl (C=O) groups is 1. The quantitative estimate of drug-likeness (QED) is 0.620. The minimum atomic E-state index is -0.937. The summed E-state index contributed by atoms with van der Waals surface area (Å²) in [5.74, 6) is 0.399. The second-order valence-electron chi connectivity index (χ2n) is 6.68. The van der Waals surface area contributed by atoms with Crippen LogP contribution >= 0.6 is 0 Å². The van der Waals surface area contributed by atoms with Gasteiger partial charge in [0.25, 0.3) is 0 Å². The Bertz CT molecular complexity index is 1110. The van der Waals surface area contributed by atoms with Gasteiger partial charge in [0.15, 0.2) is 11.5 Å². The Balaban J connectivity index is 1.87. The van der Waals surface area contributed by atoms with Crippen LogP contribution < -0.4 is 19.5 Å². The zero-order chi connectivity index (χ0) is 21.8. The lowest BCUT2D eigenvalue weighted by atomic mass is 10.0. The first-order chi connectivity index (χ1) is 14.4. The number of aromatic nitrogens is 1. The first-order valence-electron chi connectivity index (χ1n) is 9.17. The van der Waals surface area contributed by atoms with Gasteiger partial charge in [-0.3, -0.25) is 4.79 Å². The summed E-state index contributed by atoms with van der Waals surface area (Å²) in [5, 5.41) is 13.0. The summed E-state index contributed by atoms with van der Waals surface area (Å²) in [6.07, 6.45) is -0.00209. The lowest BCUT2D eigenvalue weighted by Gasteiger charge is -2.17. The smallest absolute Gasteiger partial charge is 0.225 e. The number of methoxy groups -OCH3 is 3. The number of aryl methyl sites for hydroxylation is 1. The third kappa shape index (κ3) is 4.01. The van der Waals surface area contributed by atoms with E-state index in [1.165, 1.54) is 33.5 Å². The molecule has 0 spiro atoms. The van der Waals surface area contributed by atoms with Gasteiger partial charge in [0, 0.05) is 16.6 Å². The maximum atomic E-state index is 13.7. The molecule has 0 aliphatic heterocycles. The summed E-state index contributed by atoms with van der Waals surface area (Å²) >= 11 is 0. The number of amides is 1. The number of hydrogen-bond donors (Lipinski definition) is 2. The summed E-state index contributed by atoms with van der Waals surface area (Å²) in [4.78, 5) is 15.9. The predicted octanol–water partition coefficient (Wildman–Crippen LogP) is 3.56. The zero-order valence-electron chi connectivity index (χ0n) is 17.1. The van der Waals surface area contributed by atoms with E-state index < -0.39 is 6.04 Å². The highest BCUT2D eigenvalue weighted by molar-refractivity contribution is 5.90. The molecule has 8 heteroatoms. The summed E-state index contributed by atoms with van der Waals surface area (Å²) in [6.45, 7) is 1.82. The fraction of sp³-hybridized carbons (Fsp3) is 0.273. The first-order valence-corrected chi connectivity index (χ1v) is 9.17. The van der Waals surface area contributed by atoms with E-state index in [0.29, 0.717) is 33.8 Å². The van der Waals surface area contributed by atoms with E-state index in [4.69, 9.17) is 14.2 Å². The van der Waals surface area contributed by atoms with Crippen molar-refractivity contribution in [3.05, 3.63) is 53.0 Å². The maximum absolute atomic E-state index is 13.7. The van der Waals surface area contributed by atoms with E-state index in [1.807, 2.05) is 6.92 Å². The van der Waals surface area contributed by atoms with Gasteiger partial charge in [0.05, 0.1) is 33.8 Å². The van der Waals surface area contributed by atoms with Gasteiger partial charge in [-0.05, 0) is 48.4 Å². The van der Waals surface area contributed by atoms with Crippen molar-refractivity contribution in [3.63, 3.8) is 0 Å². The summed E-state index contributed by atoms with van der Waals surface area (Å²) < 4.78 is 29.6. The van der Waals surface area contributed by atoms with Crippen molar-refractivity contribution in [1.82, 2.24) is 10.3 Å². The molecule has 0 aliphatic carbocycles. The molecule has 0 saturated carbocycles. The summed E-state index contributed by atoms with van der Waals surface area (Å²) in [6, 6.07) is 8.75. The highest BCUT2D eigenvalue weighted by atomic mass is 19.1. The van der Waals surface area contributed by atoms with Crippen LogP contribution in [0.2, 0.25) is 0 Å². The molecular weight excluding hydrogens is 389 g/mol. The molecule has 7 nitrogen and oxygen atoms in total. The van der Waals surface area contributed by atoms with E-state index >= 15 is 0 Å². The fourth-order valence-corrected chi connectivity index (χ4v) is 3.41. The molecule has 3 rings (SSSR count). The highest BCUT2D eigenvalue weighted by Crippen LogP contribution is 2.39. The van der Waals surface area contributed by atoms with Crippen molar-refractivity contribution >= 4 is 16.8 Å². The number of ether oxygens (including phenoxy) is 3. The molecule has 156 valence electrons. The lowest BCUT2D eigenvalue weighted by molar-refractivity contribution is -0.120. The average molecular weight is 411 g/mol. The van der Waals surface area contributed by atoms with Crippen LogP contribution in [0.25, 0.3) is 10.9 Å². The number of fused-ring (bicyclic) bond motifs is 1. The Hall–Kier alpha value is -3.73. The number of nitrogens with one attached hydrogen (secondary N) is 2. The third-order valence-corrected chi connectivity index (χ3v) is 4.87. The number of nitriles is 1. The molecule has 1 atom stereocenters. The molecular formula is C22H22FN3O4. The van der Waals surface area contributed by atoms with E-state index in [2.05, 4.69) is 16.4 Å². The molecule has 1 heterocycles. The van der Waals surface area contributed by atoms with Crippen LogP contribution in [0.4, 0.5) is 4.39 Å².